The Morgan fingerprint density at radius 1 is 1.23 bits per heavy atom. The number of benzene rings is 1. The summed E-state index contributed by atoms with van der Waals surface area (Å²) in [6.45, 7) is 3.51. The summed E-state index contributed by atoms with van der Waals surface area (Å²) < 4.78 is 6.78. The molecule has 31 heavy (non-hydrogen) atoms. The van der Waals surface area contributed by atoms with Gasteiger partial charge in [0.05, 0.1) is 11.9 Å². The number of carbonyl (C=O) groups is 1. The lowest BCUT2D eigenvalue weighted by atomic mass is 9.91. The van der Waals surface area contributed by atoms with E-state index in [9.17, 15) is 4.79 Å². The van der Waals surface area contributed by atoms with Crippen molar-refractivity contribution in [3.05, 3.63) is 82.7 Å². The zero-order valence-electron chi connectivity index (χ0n) is 17.2. The van der Waals surface area contributed by atoms with Crippen molar-refractivity contribution in [2.45, 2.75) is 13.3 Å². The Morgan fingerprint density at radius 3 is 2.87 bits per heavy atom. The van der Waals surface area contributed by atoms with Crippen molar-refractivity contribution in [3.8, 4) is 11.6 Å². The molecule has 0 bridgehead atoms. The second kappa shape index (κ2) is 9.75. The average molecular weight is 479 g/mol. The van der Waals surface area contributed by atoms with Crippen LogP contribution in [-0.2, 0) is 0 Å². The number of carbonyl (C=O) groups excluding carboxylic acids is 1. The molecule has 1 N–H and O–H groups in total. The monoisotopic (exact) mass is 478 g/mol. The van der Waals surface area contributed by atoms with Crippen LogP contribution in [0.25, 0.3) is 6.08 Å². The van der Waals surface area contributed by atoms with Crippen LogP contribution in [0.15, 0.2) is 77.2 Å². The van der Waals surface area contributed by atoms with Crippen LogP contribution in [0.1, 0.15) is 18.9 Å². The minimum atomic E-state index is -0.0868. The summed E-state index contributed by atoms with van der Waals surface area (Å²) in [6.07, 6.45) is 8.07. The highest BCUT2D eigenvalue weighted by Gasteiger charge is 2.24. The number of piperidine rings is 1. The van der Waals surface area contributed by atoms with Crippen LogP contribution in [0.2, 0.25) is 0 Å². The molecule has 1 unspecified atom stereocenters. The normalized spacial score (nSPS) is 17.4. The van der Waals surface area contributed by atoms with Crippen LogP contribution >= 0.6 is 15.9 Å². The highest BCUT2D eigenvalue weighted by atomic mass is 79.9. The van der Waals surface area contributed by atoms with Crippen LogP contribution < -0.4 is 10.1 Å². The molecule has 2 aromatic heterocycles. The standard InChI is InChI=1S/C24H23BrN4O2/c1-17-16-29(24(30)28-21-5-3-10-26-15-21)11-9-19(17)12-18-4-2-6-22(13-18)31-23-8-7-20(25)14-27-23/h2-8,10,12-15,17H,9,11,16H2,1H3,(H,28,30). The van der Waals surface area contributed by atoms with E-state index in [1.807, 2.05) is 41.3 Å². The third kappa shape index (κ3) is 5.70. The Balaban J connectivity index is 1.39. The van der Waals surface area contributed by atoms with E-state index in [-0.39, 0.29) is 11.9 Å². The van der Waals surface area contributed by atoms with Gasteiger partial charge in [0.25, 0.3) is 0 Å². The molecule has 1 aliphatic rings. The topological polar surface area (TPSA) is 67.4 Å². The molecule has 4 rings (SSSR count). The van der Waals surface area contributed by atoms with Crippen LogP contribution in [0, 0.1) is 5.92 Å². The van der Waals surface area contributed by atoms with Gasteiger partial charge in [-0.2, -0.15) is 0 Å². The number of pyridine rings is 2. The first-order chi connectivity index (χ1) is 15.1. The van der Waals surface area contributed by atoms with E-state index in [1.165, 1.54) is 5.57 Å². The van der Waals surface area contributed by atoms with Crippen LogP contribution in [0.3, 0.4) is 0 Å². The molecule has 1 aromatic carbocycles. The SMILES string of the molecule is CC1CN(C(=O)Nc2cccnc2)CCC1=Cc1cccc(Oc2ccc(Br)cn2)c1. The highest BCUT2D eigenvalue weighted by Crippen LogP contribution is 2.27. The first-order valence-electron chi connectivity index (χ1n) is 10.1. The third-order valence-corrected chi connectivity index (χ3v) is 5.60. The molecule has 3 heterocycles. The zero-order chi connectivity index (χ0) is 21.6. The number of aromatic nitrogens is 2. The van der Waals surface area contributed by atoms with Crippen molar-refractivity contribution in [1.82, 2.24) is 14.9 Å². The van der Waals surface area contributed by atoms with Gasteiger partial charge in [0.15, 0.2) is 0 Å². The molecule has 0 spiro atoms. The summed E-state index contributed by atoms with van der Waals surface area (Å²) in [5, 5.41) is 2.91. The molecule has 2 amide bonds. The summed E-state index contributed by atoms with van der Waals surface area (Å²) in [7, 11) is 0. The van der Waals surface area contributed by atoms with Crippen molar-refractivity contribution in [2.24, 2.45) is 5.92 Å². The van der Waals surface area contributed by atoms with Gasteiger partial charge in [-0.05, 0) is 64.2 Å². The molecule has 0 saturated carbocycles. The lowest BCUT2D eigenvalue weighted by molar-refractivity contribution is 0.198. The minimum Gasteiger partial charge on any atom is -0.439 e. The molecule has 3 aromatic rings. The van der Waals surface area contributed by atoms with Gasteiger partial charge in [-0.1, -0.05) is 30.7 Å². The smallest absolute Gasteiger partial charge is 0.321 e. The van der Waals surface area contributed by atoms with E-state index < -0.39 is 0 Å². The number of urea groups is 1. The maximum Gasteiger partial charge on any atom is 0.321 e. The zero-order valence-corrected chi connectivity index (χ0v) is 18.7. The fraction of sp³-hybridized carbons (Fsp3) is 0.208. The van der Waals surface area contributed by atoms with Crippen molar-refractivity contribution in [2.75, 3.05) is 18.4 Å². The average Bonchev–Trinajstić information content (AvgIpc) is 2.78. The molecule has 1 fully saturated rings. The molecule has 0 aliphatic carbocycles. The van der Waals surface area contributed by atoms with Gasteiger partial charge in [0.1, 0.15) is 5.75 Å². The summed E-state index contributed by atoms with van der Waals surface area (Å²) in [5.74, 6) is 1.56. The maximum atomic E-state index is 12.6. The first-order valence-corrected chi connectivity index (χ1v) is 10.9. The number of likely N-dealkylation sites (tertiary alicyclic amines) is 1. The van der Waals surface area contributed by atoms with E-state index in [1.54, 1.807) is 24.7 Å². The Morgan fingerprint density at radius 2 is 2.13 bits per heavy atom. The van der Waals surface area contributed by atoms with Crippen molar-refractivity contribution in [3.63, 3.8) is 0 Å². The van der Waals surface area contributed by atoms with Crippen LogP contribution in [0.5, 0.6) is 11.6 Å². The highest BCUT2D eigenvalue weighted by molar-refractivity contribution is 9.10. The van der Waals surface area contributed by atoms with E-state index in [0.29, 0.717) is 24.7 Å². The summed E-state index contributed by atoms with van der Waals surface area (Å²) in [4.78, 5) is 22.7. The maximum absolute atomic E-state index is 12.6. The number of ether oxygens (including phenoxy) is 1. The molecule has 158 valence electrons. The molecular formula is C24H23BrN4O2. The number of hydrogen-bond donors (Lipinski definition) is 1. The van der Waals surface area contributed by atoms with Gasteiger partial charge < -0.3 is 15.0 Å². The van der Waals surface area contributed by atoms with E-state index in [0.717, 1.165) is 22.2 Å². The van der Waals surface area contributed by atoms with E-state index >= 15 is 0 Å². The quantitative estimate of drug-likeness (QED) is 0.499. The molecular weight excluding hydrogens is 456 g/mol. The third-order valence-electron chi connectivity index (χ3n) is 5.13. The number of anilines is 1. The molecule has 1 saturated heterocycles. The van der Waals surface area contributed by atoms with Crippen molar-refractivity contribution >= 4 is 33.7 Å². The Bertz CT molecular complexity index is 1070. The van der Waals surface area contributed by atoms with Gasteiger partial charge >= 0.3 is 6.03 Å². The minimum absolute atomic E-state index is 0.0868. The molecule has 0 radical (unpaired) electrons. The number of nitrogens with zero attached hydrogens (tertiary/aromatic N) is 3. The Hall–Kier alpha value is -3.19. The van der Waals surface area contributed by atoms with Gasteiger partial charge in [0, 0.05) is 36.0 Å². The van der Waals surface area contributed by atoms with Crippen molar-refractivity contribution < 1.29 is 9.53 Å². The van der Waals surface area contributed by atoms with E-state index in [2.05, 4.69) is 50.3 Å². The van der Waals surface area contributed by atoms with Gasteiger partial charge in [0.2, 0.25) is 5.88 Å². The van der Waals surface area contributed by atoms with Gasteiger partial charge in [-0.25, -0.2) is 9.78 Å². The number of hydrogen-bond acceptors (Lipinski definition) is 4. The second-order valence-corrected chi connectivity index (χ2v) is 8.39. The summed E-state index contributed by atoms with van der Waals surface area (Å²) >= 11 is 3.38. The van der Waals surface area contributed by atoms with Crippen LogP contribution in [0.4, 0.5) is 10.5 Å². The fourth-order valence-electron chi connectivity index (χ4n) is 3.51. The summed E-state index contributed by atoms with van der Waals surface area (Å²) in [5.41, 5.74) is 3.10. The Labute approximate surface area is 190 Å². The predicted molar refractivity (Wildman–Crippen MR) is 125 cm³/mol. The predicted octanol–water partition coefficient (Wildman–Crippen LogP) is 5.99. The van der Waals surface area contributed by atoms with E-state index in [4.69, 9.17) is 4.74 Å². The largest absolute Gasteiger partial charge is 0.439 e. The number of rotatable bonds is 4. The molecule has 1 aliphatic heterocycles. The number of nitrogens with one attached hydrogen (secondary N) is 1. The fourth-order valence-corrected chi connectivity index (χ4v) is 3.75. The van der Waals surface area contributed by atoms with Crippen LogP contribution in [-0.4, -0.2) is 34.0 Å². The number of amides is 2. The van der Waals surface area contributed by atoms with Gasteiger partial charge in [-0.15, -0.1) is 0 Å². The molecule has 6 nitrogen and oxygen atoms in total. The van der Waals surface area contributed by atoms with Crippen molar-refractivity contribution in [1.29, 1.82) is 0 Å². The van der Waals surface area contributed by atoms with Gasteiger partial charge in [-0.3, -0.25) is 4.98 Å². The first kappa shape index (κ1) is 21.1. The second-order valence-electron chi connectivity index (χ2n) is 7.48. The molecule has 1 atom stereocenters. The molecule has 7 heteroatoms. The number of halogens is 1. The Kier molecular flexibility index (Phi) is 6.62. The lowest BCUT2D eigenvalue weighted by Gasteiger charge is -2.33. The summed E-state index contributed by atoms with van der Waals surface area (Å²) in [6, 6.07) is 15.2. The lowest BCUT2D eigenvalue weighted by Crippen LogP contribution is -2.42.